The molecule has 0 aromatic carbocycles. The van der Waals surface area contributed by atoms with Gasteiger partial charge in [-0.15, -0.1) is 16.4 Å². The molecule has 0 unspecified atom stereocenters. The summed E-state index contributed by atoms with van der Waals surface area (Å²) >= 11 is 1.61. The quantitative estimate of drug-likeness (QED) is 0.724. The number of hydrogen-bond donors (Lipinski definition) is 2. The molecular weight excluding hydrogens is 314 g/mol. The number of aromatic amines is 1. The van der Waals surface area contributed by atoms with Gasteiger partial charge in [0, 0.05) is 29.7 Å². The van der Waals surface area contributed by atoms with Crippen LogP contribution in [0.25, 0.3) is 5.00 Å². The topological polar surface area (TPSA) is 101 Å². The number of thiophene rings is 1. The summed E-state index contributed by atoms with van der Waals surface area (Å²) in [4.78, 5) is 21.0. The highest BCUT2D eigenvalue weighted by Crippen LogP contribution is 2.37. The highest BCUT2D eigenvalue weighted by molar-refractivity contribution is 7.15. The van der Waals surface area contributed by atoms with Crippen molar-refractivity contribution in [2.45, 2.75) is 25.7 Å². The van der Waals surface area contributed by atoms with Crippen molar-refractivity contribution in [3.8, 4) is 5.00 Å². The lowest BCUT2D eigenvalue weighted by atomic mass is 10.1. The summed E-state index contributed by atoms with van der Waals surface area (Å²) in [5.74, 6) is -0.0607. The van der Waals surface area contributed by atoms with Crippen LogP contribution in [0, 0.1) is 0 Å². The minimum Gasteiger partial charge on any atom is -0.352 e. The Morgan fingerprint density at radius 1 is 1.43 bits per heavy atom. The lowest BCUT2D eigenvalue weighted by Crippen LogP contribution is -2.27. The molecule has 8 nitrogen and oxygen atoms in total. The number of nitrogens with zero attached hydrogens (tertiary/aromatic N) is 5. The van der Waals surface area contributed by atoms with E-state index >= 15 is 0 Å². The number of carbonyl (C=O) groups is 1. The molecule has 1 aliphatic carbocycles. The molecule has 3 aromatic rings. The second kappa shape index (κ2) is 5.92. The molecule has 0 fully saturated rings. The van der Waals surface area contributed by atoms with E-state index in [1.807, 2.05) is 0 Å². The van der Waals surface area contributed by atoms with E-state index in [4.69, 9.17) is 0 Å². The Morgan fingerprint density at radius 2 is 2.39 bits per heavy atom. The first kappa shape index (κ1) is 14.1. The Kier molecular flexibility index (Phi) is 3.62. The highest BCUT2D eigenvalue weighted by atomic mass is 32.1. The maximum Gasteiger partial charge on any atom is 0.254 e. The minimum absolute atomic E-state index is 0.0607. The van der Waals surface area contributed by atoms with Gasteiger partial charge in [-0.05, 0) is 35.3 Å². The van der Waals surface area contributed by atoms with Crippen molar-refractivity contribution in [2.75, 3.05) is 6.54 Å². The zero-order chi connectivity index (χ0) is 15.6. The van der Waals surface area contributed by atoms with E-state index in [1.54, 1.807) is 28.5 Å². The third kappa shape index (κ3) is 2.63. The maximum atomic E-state index is 12.7. The van der Waals surface area contributed by atoms with Gasteiger partial charge in [0.15, 0.2) is 0 Å². The SMILES string of the molecule is O=C(NCCc1cnc[nH]1)c1c(-n2cnnn2)sc2c1CCC2. The molecule has 23 heavy (non-hydrogen) atoms. The number of hydrogen-bond acceptors (Lipinski definition) is 6. The van der Waals surface area contributed by atoms with E-state index in [0.717, 1.165) is 47.5 Å². The van der Waals surface area contributed by atoms with Crippen LogP contribution >= 0.6 is 11.3 Å². The van der Waals surface area contributed by atoms with Crippen molar-refractivity contribution >= 4 is 17.2 Å². The number of aryl methyl sites for hydroxylation is 1. The molecule has 1 amide bonds. The Morgan fingerprint density at radius 3 is 3.17 bits per heavy atom. The van der Waals surface area contributed by atoms with Gasteiger partial charge in [0.2, 0.25) is 0 Å². The van der Waals surface area contributed by atoms with Crippen LogP contribution in [0.4, 0.5) is 0 Å². The van der Waals surface area contributed by atoms with Gasteiger partial charge in [-0.3, -0.25) is 4.79 Å². The van der Waals surface area contributed by atoms with E-state index in [0.29, 0.717) is 6.54 Å². The largest absolute Gasteiger partial charge is 0.352 e. The second-order valence-electron chi connectivity index (χ2n) is 5.37. The Bertz CT molecular complexity index is 807. The fraction of sp³-hybridized carbons (Fsp3) is 0.357. The number of amides is 1. The van der Waals surface area contributed by atoms with Crippen LogP contribution in [0.15, 0.2) is 18.9 Å². The van der Waals surface area contributed by atoms with Gasteiger partial charge in [0.25, 0.3) is 5.91 Å². The maximum absolute atomic E-state index is 12.7. The summed E-state index contributed by atoms with van der Waals surface area (Å²) in [6.07, 6.45) is 8.72. The molecule has 118 valence electrons. The van der Waals surface area contributed by atoms with Gasteiger partial charge >= 0.3 is 0 Å². The molecule has 2 N–H and O–H groups in total. The molecule has 0 saturated heterocycles. The number of fused-ring (bicyclic) bond motifs is 1. The number of imidazole rings is 1. The number of H-pyrrole nitrogens is 1. The average molecular weight is 329 g/mol. The third-order valence-electron chi connectivity index (χ3n) is 3.92. The predicted octanol–water partition coefficient (Wildman–Crippen LogP) is 0.908. The van der Waals surface area contributed by atoms with Gasteiger partial charge in [0.05, 0.1) is 11.9 Å². The molecule has 0 radical (unpaired) electrons. The molecule has 0 spiro atoms. The van der Waals surface area contributed by atoms with Crippen molar-refractivity contribution in [3.05, 3.63) is 40.5 Å². The Balaban J connectivity index is 1.56. The molecule has 4 rings (SSSR count). The molecule has 3 aromatic heterocycles. The van der Waals surface area contributed by atoms with Crippen molar-refractivity contribution in [1.82, 2.24) is 35.5 Å². The van der Waals surface area contributed by atoms with Crippen LogP contribution in [-0.2, 0) is 19.3 Å². The number of carbonyl (C=O) groups excluding carboxylic acids is 1. The Hall–Kier alpha value is -2.55. The number of rotatable bonds is 5. The standard InChI is InChI=1S/C14H15N7OS/c22-13(16-5-4-9-6-15-7-17-9)12-10-2-1-3-11(10)23-14(12)21-8-18-19-20-21/h6-8H,1-5H2,(H,15,17)(H,16,22). The van der Waals surface area contributed by atoms with Crippen LogP contribution in [-0.4, -0.2) is 42.6 Å². The van der Waals surface area contributed by atoms with Crippen LogP contribution in [0.2, 0.25) is 0 Å². The summed E-state index contributed by atoms with van der Waals surface area (Å²) in [5.41, 5.74) is 2.88. The molecule has 0 saturated carbocycles. The highest BCUT2D eigenvalue weighted by Gasteiger charge is 2.27. The molecule has 3 heterocycles. The molecule has 1 aliphatic rings. The first-order valence-electron chi connectivity index (χ1n) is 7.46. The van der Waals surface area contributed by atoms with Crippen LogP contribution in [0.1, 0.15) is 32.9 Å². The van der Waals surface area contributed by atoms with Crippen molar-refractivity contribution < 1.29 is 4.79 Å². The molecule has 9 heteroatoms. The Labute approximate surface area is 135 Å². The van der Waals surface area contributed by atoms with Gasteiger partial charge in [0.1, 0.15) is 11.3 Å². The monoisotopic (exact) mass is 329 g/mol. The molecule has 0 aliphatic heterocycles. The van der Waals surface area contributed by atoms with Gasteiger partial charge in [-0.1, -0.05) is 0 Å². The predicted molar refractivity (Wildman–Crippen MR) is 83.7 cm³/mol. The van der Waals surface area contributed by atoms with Crippen LogP contribution < -0.4 is 5.32 Å². The number of tetrazole rings is 1. The average Bonchev–Trinajstić information content (AvgIpc) is 3.30. The normalized spacial score (nSPS) is 13.2. The van der Waals surface area contributed by atoms with Crippen LogP contribution in [0.3, 0.4) is 0 Å². The van der Waals surface area contributed by atoms with Gasteiger partial charge in [-0.2, -0.15) is 4.68 Å². The molecule has 0 atom stereocenters. The van der Waals surface area contributed by atoms with E-state index in [2.05, 4.69) is 30.8 Å². The van der Waals surface area contributed by atoms with Gasteiger partial charge in [-0.25, -0.2) is 4.98 Å². The molecular formula is C14H15N7OS. The summed E-state index contributed by atoms with van der Waals surface area (Å²) < 4.78 is 1.58. The first-order valence-corrected chi connectivity index (χ1v) is 8.28. The smallest absolute Gasteiger partial charge is 0.254 e. The lowest BCUT2D eigenvalue weighted by Gasteiger charge is -2.07. The van der Waals surface area contributed by atoms with Crippen molar-refractivity contribution in [2.24, 2.45) is 0 Å². The first-order chi connectivity index (χ1) is 11.3. The van der Waals surface area contributed by atoms with Gasteiger partial charge < -0.3 is 10.3 Å². The fourth-order valence-electron chi connectivity index (χ4n) is 2.86. The van der Waals surface area contributed by atoms with E-state index in [1.165, 1.54) is 11.2 Å². The molecule has 0 bridgehead atoms. The fourth-order valence-corrected chi connectivity index (χ4v) is 4.16. The summed E-state index contributed by atoms with van der Waals surface area (Å²) in [6.45, 7) is 0.556. The van der Waals surface area contributed by atoms with Crippen molar-refractivity contribution in [1.29, 1.82) is 0 Å². The number of aromatic nitrogens is 6. The summed E-state index contributed by atoms with van der Waals surface area (Å²) in [7, 11) is 0. The third-order valence-corrected chi connectivity index (χ3v) is 5.20. The summed E-state index contributed by atoms with van der Waals surface area (Å²) in [5, 5.41) is 15.1. The zero-order valence-electron chi connectivity index (χ0n) is 12.3. The minimum atomic E-state index is -0.0607. The number of nitrogens with one attached hydrogen (secondary N) is 2. The van der Waals surface area contributed by atoms with E-state index in [-0.39, 0.29) is 5.91 Å². The summed E-state index contributed by atoms with van der Waals surface area (Å²) in [6, 6.07) is 0. The van der Waals surface area contributed by atoms with Crippen molar-refractivity contribution in [3.63, 3.8) is 0 Å². The van der Waals surface area contributed by atoms with E-state index < -0.39 is 0 Å². The van der Waals surface area contributed by atoms with Crippen LogP contribution in [0.5, 0.6) is 0 Å². The second-order valence-corrected chi connectivity index (χ2v) is 6.46. The zero-order valence-corrected chi connectivity index (χ0v) is 13.1. The lowest BCUT2D eigenvalue weighted by molar-refractivity contribution is 0.0953. The van der Waals surface area contributed by atoms with E-state index in [9.17, 15) is 4.79 Å².